The number of anilines is 1. The van der Waals surface area contributed by atoms with Gasteiger partial charge in [-0.15, -0.1) is 0 Å². The maximum Gasteiger partial charge on any atom is 0.257 e. The second-order valence-corrected chi connectivity index (χ2v) is 4.79. The summed E-state index contributed by atoms with van der Waals surface area (Å²) < 4.78 is 5.39. The Morgan fingerprint density at radius 2 is 1.86 bits per heavy atom. The minimum Gasteiger partial charge on any atom is -0.494 e. The standard InChI is InChI=1S/C18H16N2O2/c1-2-22-15-10-8-14(9-11-15)20-18(21)16-7-3-5-13-6-4-12-19-17(13)16/h3-12H,2H2,1H3,(H,20,21). The van der Waals surface area contributed by atoms with Gasteiger partial charge in [0.05, 0.1) is 17.7 Å². The third kappa shape index (κ3) is 2.91. The van der Waals surface area contributed by atoms with Gasteiger partial charge in [-0.3, -0.25) is 9.78 Å². The maximum atomic E-state index is 12.5. The molecule has 0 saturated heterocycles. The first-order valence-electron chi connectivity index (χ1n) is 7.16. The van der Waals surface area contributed by atoms with Crippen molar-refractivity contribution in [1.29, 1.82) is 0 Å². The number of para-hydroxylation sites is 1. The highest BCUT2D eigenvalue weighted by Gasteiger charge is 2.11. The quantitative estimate of drug-likeness (QED) is 0.793. The van der Waals surface area contributed by atoms with Gasteiger partial charge in [-0.25, -0.2) is 0 Å². The number of amides is 1. The molecule has 3 aromatic rings. The van der Waals surface area contributed by atoms with Crippen LogP contribution in [-0.2, 0) is 0 Å². The van der Waals surface area contributed by atoms with Gasteiger partial charge in [-0.2, -0.15) is 0 Å². The van der Waals surface area contributed by atoms with E-state index in [-0.39, 0.29) is 5.91 Å². The molecular weight excluding hydrogens is 276 g/mol. The number of nitrogens with zero attached hydrogens (tertiary/aromatic N) is 1. The van der Waals surface area contributed by atoms with E-state index in [1.54, 1.807) is 12.3 Å². The SMILES string of the molecule is CCOc1ccc(NC(=O)c2cccc3cccnc23)cc1. The van der Waals surface area contributed by atoms with Crippen LogP contribution < -0.4 is 10.1 Å². The van der Waals surface area contributed by atoms with Gasteiger partial charge in [0.25, 0.3) is 5.91 Å². The van der Waals surface area contributed by atoms with Crippen molar-refractivity contribution in [2.45, 2.75) is 6.92 Å². The first kappa shape index (κ1) is 14.1. The number of hydrogen-bond donors (Lipinski definition) is 1. The van der Waals surface area contributed by atoms with Crippen LogP contribution in [0, 0.1) is 0 Å². The average molecular weight is 292 g/mol. The number of carbonyl (C=O) groups excluding carboxylic acids is 1. The number of ether oxygens (including phenoxy) is 1. The fourth-order valence-corrected chi connectivity index (χ4v) is 2.29. The van der Waals surface area contributed by atoms with Crippen LogP contribution in [0.25, 0.3) is 10.9 Å². The number of nitrogens with one attached hydrogen (secondary N) is 1. The van der Waals surface area contributed by atoms with E-state index < -0.39 is 0 Å². The van der Waals surface area contributed by atoms with E-state index in [0.29, 0.717) is 17.7 Å². The lowest BCUT2D eigenvalue weighted by atomic mass is 10.1. The molecule has 22 heavy (non-hydrogen) atoms. The third-order valence-electron chi connectivity index (χ3n) is 3.30. The summed E-state index contributed by atoms with van der Waals surface area (Å²) in [7, 11) is 0. The van der Waals surface area contributed by atoms with Crippen LogP contribution in [0.3, 0.4) is 0 Å². The Bertz CT molecular complexity index is 792. The summed E-state index contributed by atoms with van der Waals surface area (Å²) >= 11 is 0. The molecule has 1 amide bonds. The van der Waals surface area contributed by atoms with E-state index in [1.165, 1.54) is 0 Å². The van der Waals surface area contributed by atoms with Gasteiger partial charge in [0.2, 0.25) is 0 Å². The van der Waals surface area contributed by atoms with Crippen molar-refractivity contribution in [3.05, 3.63) is 66.4 Å². The number of fused-ring (bicyclic) bond motifs is 1. The molecule has 0 aliphatic carbocycles. The van der Waals surface area contributed by atoms with Gasteiger partial charge >= 0.3 is 0 Å². The minimum atomic E-state index is -0.173. The van der Waals surface area contributed by atoms with Gasteiger partial charge in [0, 0.05) is 17.3 Å². The number of benzene rings is 2. The molecule has 1 aromatic heterocycles. The molecule has 0 unspecified atom stereocenters. The molecule has 4 heteroatoms. The molecule has 0 bridgehead atoms. The van der Waals surface area contributed by atoms with E-state index >= 15 is 0 Å². The van der Waals surface area contributed by atoms with E-state index in [0.717, 1.165) is 16.8 Å². The van der Waals surface area contributed by atoms with Gasteiger partial charge in [-0.05, 0) is 43.3 Å². The van der Waals surface area contributed by atoms with E-state index in [2.05, 4.69) is 10.3 Å². The zero-order valence-corrected chi connectivity index (χ0v) is 12.2. The highest BCUT2D eigenvalue weighted by Crippen LogP contribution is 2.19. The Hall–Kier alpha value is -2.88. The molecule has 2 aromatic carbocycles. The molecule has 1 heterocycles. The Labute approximate surface area is 128 Å². The number of aromatic nitrogens is 1. The van der Waals surface area contributed by atoms with Crippen molar-refractivity contribution in [1.82, 2.24) is 4.98 Å². The smallest absolute Gasteiger partial charge is 0.257 e. The Balaban J connectivity index is 1.84. The zero-order valence-electron chi connectivity index (χ0n) is 12.2. The van der Waals surface area contributed by atoms with Crippen LogP contribution in [0.1, 0.15) is 17.3 Å². The molecule has 0 atom stereocenters. The van der Waals surface area contributed by atoms with Crippen molar-refractivity contribution < 1.29 is 9.53 Å². The predicted molar refractivity (Wildman–Crippen MR) is 87.3 cm³/mol. The maximum absolute atomic E-state index is 12.5. The molecule has 0 aliphatic heterocycles. The summed E-state index contributed by atoms with van der Waals surface area (Å²) in [6.07, 6.45) is 1.69. The van der Waals surface area contributed by atoms with Gasteiger partial charge in [-0.1, -0.05) is 18.2 Å². The second-order valence-electron chi connectivity index (χ2n) is 4.79. The normalized spacial score (nSPS) is 10.4. The topological polar surface area (TPSA) is 51.2 Å². The fraction of sp³-hybridized carbons (Fsp3) is 0.111. The van der Waals surface area contributed by atoms with Crippen LogP contribution in [0.2, 0.25) is 0 Å². The number of hydrogen-bond acceptors (Lipinski definition) is 3. The first-order chi connectivity index (χ1) is 10.8. The largest absolute Gasteiger partial charge is 0.494 e. The average Bonchev–Trinajstić information content (AvgIpc) is 2.56. The minimum absolute atomic E-state index is 0.173. The van der Waals surface area contributed by atoms with E-state index in [9.17, 15) is 4.79 Å². The van der Waals surface area contributed by atoms with Crippen molar-refractivity contribution >= 4 is 22.5 Å². The molecule has 0 fully saturated rings. The van der Waals surface area contributed by atoms with E-state index in [1.807, 2.05) is 55.5 Å². The lowest BCUT2D eigenvalue weighted by Crippen LogP contribution is -2.12. The molecule has 4 nitrogen and oxygen atoms in total. The number of rotatable bonds is 4. The highest BCUT2D eigenvalue weighted by atomic mass is 16.5. The molecule has 0 radical (unpaired) electrons. The van der Waals surface area contributed by atoms with Gasteiger partial charge in [0.1, 0.15) is 5.75 Å². The molecule has 0 spiro atoms. The molecule has 110 valence electrons. The lowest BCUT2D eigenvalue weighted by Gasteiger charge is -2.08. The molecular formula is C18H16N2O2. The predicted octanol–water partition coefficient (Wildman–Crippen LogP) is 3.89. The summed E-state index contributed by atoms with van der Waals surface area (Å²) in [6, 6.07) is 16.7. The third-order valence-corrected chi connectivity index (χ3v) is 3.30. The number of carbonyl (C=O) groups is 1. The van der Waals surface area contributed by atoms with Crippen LogP contribution in [0.15, 0.2) is 60.8 Å². The molecule has 3 rings (SSSR count). The molecule has 0 saturated carbocycles. The van der Waals surface area contributed by atoms with E-state index in [4.69, 9.17) is 4.74 Å². The monoisotopic (exact) mass is 292 g/mol. The van der Waals surface area contributed by atoms with Crippen molar-refractivity contribution in [2.24, 2.45) is 0 Å². The summed E-state index contributed by atoms with van der Waals surface area (Å²) in [5, 5.41) is 3.83. The number of pyridine rings is 1. The fourth-order valence-electron chi connectivity index (χ4n) is 2.29. The summed E-state index contributed by atoms with van der Waals surface area (Å²) in [4.78, 5) is 16.8. The molecule has 0 aliphatic rings. The highest BCUT2D eigenvalue weighted by molar-refractivity contribution is 6.11. The van der Waals surface area contributed by atoms with Crippen molar-refractivity contribution in [2.75, 3.05) is 11.9 Å². The summed E-state index contributed by atoms with van der Waals surface area (Å²) in [5.74, 6) is 0.612. The van der Waals surface area contributed by atoms with Crippen molar-refractivity contribution in [3.63, 3.8) is 0 Å². The molecule has 1 N–H and O–H groups in total. The second kappa shape index (κ2) is 6.26. The van der Waals surface area contributed by atoms with Gasteiger partial charge in [0.15, 0.2) is 0 Å². The Morgan fingerprint density at radius 1 is 1.09 bits per heavy atom. The Morgan fingerprint density at radius 3 is 2.64 bits per heavy atom. The zero-order chi connectivity index (χ0) is 15.4. The lowest BCUT2D eigenvalue weighted by molar-refractivity contribution is 0.102. The van der Waals surface area contributed by atoms with Crippen LogP contribution in [0.5, 0.6) is 5.75 Å². The first-order valence-corrected chi connectivity index (χ1v) is 7.16. The van der Waals surface area contributed by atoms with Gasteiger partial charge < -0.3 is 10.1 Å². The Kier molecular flexibility index (Phi) is 4.01. The van der Waals surface area contributed by atoms with Crippen LogP contribution >= 0.6 is 0 Å². The van der Waals surface area contributed by atoms with Crippen LogP contribution in [-0.4, -0.2) is 17.5 Å². The van der Waals surface area contributed by atoms with Crippen molar-refractivity contribution in [3.8, 4) is 5.75 Å². The summed E-state index contributed by atoms with van der Waals surface area (Å²) in [6.45, 7) is 2.55. The van der Waals surface area contributed by atoms with Crippen LogP contribution in [0.4, 0.5) is 5.69 Å². The summed E-state index contributed by atoms with van der Waals surface area (Å²) in [5.41, 5.74) is 1.99.